The quantitative estimate of drug-likeness (QED) is 0.382. The van der Waals surface area contributed by atoms with Crippen molar-refractivity contribution in [1.82, 2.24) is 15.5 Å². The molecule has 0 spiro atoms. The lowest BCUT2D eigenvalue weighted by Gasteiger charge is -2.41. The Morgan fingerprint density at radius 1 is 1.13 bits per heavy atom. The van der Waals surface area contributed by atoms with Crippen molar-refractivity contribution < 1.29 is 31.5 Å². The second kappa shape index (κ2) is 12.9. The van der Waals surface area contributed by atoms with Crippen LogP contribution in [0.25, 0.3) is 0 Å². The van der Waals surface area contributed by atoms with Crippen LogP contribution in [0.4, 0.5) is 33.3 Å². The number of hydrogen-bond acceptors (Lipinski definition) is 5. The van der Waals surface area contributed by atoms with Crippen LogP contribution in [0.5, 0.6) is 0 Å². The fourth-order valence-electron chi connectivity index (χ4n) is 4.25. The second-order valence-corrected chi connectivity index (χ2v) is 9.88. The van der Waals surface area contributed by atoms with Crippen LogP contribution in [0.1, 0.15) is 36.2 Å². The molecule has 1 saturated heterocycles. The van der Waals surface area contributed by atoms with Gasteiger partial charge in [0.1, 0.15) is 0 Å². The third kappa shape index (κ3) is 8.02. The van der Waals surface area contributed by atoms with Gasteiger partial charge in [-0.15, -0.1) is 0 Å². The predicted molar refractivity (Wildman–Crippen MR) is 140 cm³/mol. The molecule has 0 bridgehead atoms. The maximum absolute atomic E-state index is 14.9. The maximum atomic E-state index is 14.9. The number of anilines is 2. The van der Waals surface area contributed by atoms with Crippen molar-refractivity contribution in [3.8, 4) is 0 Å². The van der Waals surface area contributed by atoms with Crippen molar-refractivity contribution in [1.29, 1.82) is 0 Å². The Labute approximate surface area is 228 Å². The molecule has 214 valence electrons. The minimum atomic E-state index is -4.24. The maximum Gasteiger partial charge on any atom is 0.390 e. The topological polar surface area (TPSA) is 76.7 Å². The molecule has 3 N–H and O–H groups in total. The van der Waals surface area contributed by atoms with Crippen molar-refractivity contribution in [2.45, 2.75) is 45.1 Å². The van der Waals surface area contributed by atoms with Gasteiger partial charge in [-0.1, -0.05) is 17.7 Å². The van der Waals surface area contributed by atoms with E-state index in [9.17, 15) is 31.5 Å². The fourth-order valence-corrected chi connectivity index (χ4v) is 4.41. The highest BCUT2D eigenvalue weighted by atomic mass is 35.5. The van der Waals surface area contributed by atoms with E-state index in [1.54, 1.807) is 24.9 Å². The molecule has 0 saturated carbocycles. The molecule has 13 heteroatoms. The number of hydrogen-bond donors (Lipinski definition) is 3. The van der Waals surface area contributed by atoms with Gasteiger partial charge in [-0.2, -0.15) is 13.2 Å². The van der Waals surface area contributed by atoms with Crippen LogP contribution in [0.2, 0.25) is 5.02 Å². The van der Waals surface area contributed by atoms with Crippen molar-refractivity contribution in [2.75, 3.05) is 43.4 Å². The second-order valence-electron chi connectivity index (χ2n) is 9.44. The van der Waals surface area contributed by atoms with Gasteiger partial charge >= 0.3 is 6.18 Å². The van der Waals surface area contributed by atoms with Crippen LogP contribution in [0.15, 0.2) is 30.3 Å². The number of rotatable bonds is 9. The molecular weight excluding hydrogens is 545 g/mol. The van der Waals surface area contributed by atoms with Crippen LogP contribution in [-0.4, -0.2) is 68.2 Å². The molecule has 3 rings (SSSR count). The van der Waals surface area contributed by atoms with Gasteiger partial charge in [0.2, 0.25) is 5.91 Å². The van der Waals surface area contributed by atoms with Gasteiger partial charge in [0, 0.05) is 49.4 Å². The van der Waals surface area contributed by atoms with Gasteiger partial charge in [-0.3, -0.25) is 14.5 Å². The van der Waals surface area contributed by atoms with E-state index >= 15 is 0 Å². The summed E-state index contributed by atoms with van der Waals surface area (Å²) in [5.41, 5.74) is 0.150. The fraction of sp³-hybridized carbons (Fsp3) is 0.462. The third-order valence-electron chi connectivity index (χ3n) is 6.68. The number of nitrogens with zero attached hydrogens (tertiary/aromatic N) is 2. The first-order valence-corrected chi connectivity index (χ1v) is 12.8. The molecule has 2 atom stereocenters. The molecule has 0 radical (unpaired) electrons. The molecule has 1 aliphatic rings. The predicted octanol–water partition coefficient (Wildman–Crippen LogP) is 4.56. The lowest BCUT2D eigenvalue weighted by atomic mass is 10.1. The Balaban J connectivity index is 1.73. The summed E-state index contributed by atoms with van der Waals surface area (Å²) < 4.78 is 67.6. The zero-order valence-electron chi connectivity index (χ0n) is 21.8. The van der Waals surface area contributed by atoms with Crippen LogP contribution >= 0.6 is 11.6 Å². The van der Waals surface area contributed by atoms with Gasteiger partial charge in [-0.25, -0.2) is 8.78 Å². The summed E-state index contributed by atoms with van der Waals surface area (Å²) >= 11 is 6.18. The van der Waals surface area contributed by atoms with Crippen LogP contribution in [0, 0.1) is 11.6 Å². The van der Waals surface area contributed by atoms with E-state index in [0.29, 0.717) is 30.3 Å². The van der Waals surface area contributed by atoms with E-state index in [4.69, 9.17) is 11.6 Å². The van der Waals surface area contributed by atoms with Gasteiger partial charge in [0.15, 0.2) is 11.6 Å². The average Bonchev–Trinajstić information content (AvgIpc) is 2.88. The molecular formula is C26H31ClF5N5O2. The molecule has 0 aliphatic carbocycles. The molecule has 1 fully saturated rings. The zero-order chi connectivity index (χ0) is 28.9. The average molecular weight is 576 g/mol. The smallest absolute Gasteiger partial charge is 0.367 e. The number of carbonyl (C=O) groups is 2. The number of alkyl halides is 3. The summed E-state index contributed by atoms with van der Waals surface area (Å²) in [6, 6.07) is 6.28. The highest BCUT2D eigenvalue weighted by Crippen LogP contribution is 2.32. The van der Waals surface area contributed by atoms with Crippen LogP contribution in [-0.2, 0) is 11.3 Å². The zero-order valence-corrected chi connectivity index (χ0v) is 22.5. The Bertz CT molecular complexity index is 1200. The Morgan fingerprint density at radius 2 is 1.85 bits per heavy atom. The number of piperazine rings is 1. The molecule has 0 aromatic heterocycles. The van der Waals surface area contributed by atoms with Crippen LogP contribution in [0.3, 0.4) is 0 Å². The van der Waals surface area contributed by atoms with Gasteiger partial charge < -0.3 is 20.9 Å². The first kappa shape index (κ1) is 30.6. The molecule has 2 aromatic carbocycles. The Morgan fingerprint density at radius 3 is 2.49 bits per heavy atom. The van der Waals surface area contributed by atoms with E-state index in [2.05, 4.69) is 16.0 Å². The molecule has 39 heavy (non-hydrogen) atoms. The lowest BCUT2D eigenvalue weighted by molar-refractivity contribution is -0.139. The molecule has 1 aliphatic heterocycles. The largest absolute Gasteiger partial charge is 0.390 e. The number of likely N-dealkylation sites (N-methyl/N-ethyl adjacent to an activating group) is 1. The number of carbonyl (C=O) groups excluding carboxylic acids is 2. The highest BCUT2D eigenvalue weighted by molar-refractivity contribution is 6.31. The van der Waals surface area contributed by atoms with E-state index in [1.807, 2.05) is 11.8 Å². The molecule has 2 aromatic rings. The number of nitrogens with one attached hydrogen (secondary N) is 3. The van der Waals surface area contributed by atoms with Crippen LogP contribution < -0.4 is 20.9 Å². The first-order chi connectivity index (χ1) is 18.3. The molecule has 1 heterocycles. The van der Waals surface area contributed by atoms with E-state index in [-0.39, 0.29) is 30.4 Å². The van der Waals surface area contributed by atoms with Crippen molar-refractivity contribution >= 4 is 34.8 Å². The molecule has 7 nitrogen and oxygen atoms in total. The summed E-state index contributed by atoms with van der Waals surface area (Å²) in [5, 5.41) is 8.19. The Hall–Kier alpha value is -2.96. The van der Waals surface area contributed by atoms with Gasteiger partial charge in [-0.05, 0) is 45.2 Å². The number of amides is 2. The van der Waals surface area contributed by atoms with Crippen molar-refractivity contribution in [3.63, 3.8) is 0 Å². The van der Waals surface area contributed by atoms with Gasteiger partial charge in [0.25, 0.3) is 5.91 Å². The minimum absolute atomic E-state index is 0.114. The number of benzene rings is 2. The monoisotopic (exact) mass is 575 g/mol. The Kier molecular flexibility index (Phi) is 10.1. The minimum Gasteiger partial charge on any atom is -0.367 e. The van der Waals surface area contributed by atoms with E-state index < -0.39 is 47.7 Å². The van der Waals surface area contributed by atoms with E-state index in [0.717, 1.165) is 6.07 Å². The summed E-state index contributed by atoms with van der Waals surface area (Å²) in [4.78, 5) is 28.5. The summed E-state index contributed by atoms with van der Waals surface area (Å²) in [6.45, 7) is 4.16. The highest BCUT2D eigenvalue weighted by Gasteiger charge is 2.31. The summed E-state index contributed by atoms with van der Waals surface area (Å²) in [6.07, 6.45) is -5.15. The standard InChI is InChI=1S/C26H31ClF5N5O2/c1-15-14-37(11-10-36(15)9-8-26(30,31)32)21-12-18(27)5-7-20(21)35-25(39)19-6-4-17(22(28)23(19)29)13-34-24(38)16(2)33-3/h4-7,12,15-16,33H,8-11,13-14H2,1-3H3,(H,34,38)(H,35,39)/t15-,16?/m1/s1. The first-order valence-electron chi connectivity index (χ1n) is 12.4. The summed E-state index contributed by atoms with van der Waals surface area (Å²) in [5.74, 6) is -3.90. The van der Waals surface area contributed by atoms with Crippen molar-refractivity contribution in [3.05, 3.63) is 58.1 Å². The molecule has 1 unspecified atom stereocenters. The van der Waals surface area contributed by atoms with Gasteiger partial charge in [0.05, 0.1) is 29.4 Å². The normalized spacial score (nSPS) is 17.2. The molecule has 2 amide bonds. The SMILES string of the molecule is CNC(C)C(=O)NCc1ccc(C(=O)Nc2ccc(Cl)cc2N2CCN(CCC(F)(F)F)[C@H](C)C2)c(F)c1F. The summed E-state index contributed by atoms with van der Waals surface area (Å²) in [7, 11) is 1.59. The van der Waals surface area contributed by atoms with Crippen molar-refractivity contribution in [2.24, 2.45) is 0 Å². The lowest BCUT2D eigenvalue weighted by Crippen LogP contribution is -2.52. The number of halogens is 6. The van der Waals surface area contributed by atoms with E-state index in [1.165, 1.54) is 18.2 Å². The third-order valence-corrected chi connectivity index (χ3v) is 6.92.